The summed E-state index contributed by atoms with van der Waals surface area (Å²) in [5.41, 5.74) is 7.80. The zero-order valence-electron chi connectivity index (χ0n) is 8.55. The van der Waals surface area contributed by atoms with E-state index in [1.807, 2.05) is 0 Å². The van der Waals surface area contributed by atoms with Crippen LogP contribution in [-0.4, -0.2) is 16.6 Å². The van der Waals surface area contributed by atoms with Crippen LogP contribution >= 0.6 is 0 Å². The number of aryl methyl sites for hydroxylation is 1. The number of rotatable bonds is 3. The average Bonchev–Trinajstić information content (AvgIpc) is 2.85. The van der Waals surface area contributed by atoms with Crippen molar-refractivity contribution >= 4 is 0 Å². The summed E-state index contributed by atoms with van der Waals surface area (Å²) in [6, 6.07) is 0. The van der Waals surface area contributed by atoms with Gasteiger partial charge in [-0.2, -0.15) is 0 Å². The molecule has 2 heterocycles. The lowest BCUT2D eigenvalue weighted by molar-refractivity contribution is 0.108. The Morgan fingerprint density at radius 3 is 3.07 bits per heavy atom. The first-order valence-corrected chi connectivity index (χ1v) is 5.24. The molecule has 0 saturated carbocycles. The van der Waals surface area contributed by atoms with Crippen molar-refractivity contribution < 1.29 is 4.74 Å². The molecule has 1 aliphatic rings. The van der Waals surface area contributed by atoms with Gasteiger partial charge < -0.3 is 15.5 Å². The van der Waals surface area contributed by atoms with Gasteiger partial charge in [0.25, 0.3) is 0 Å². The van der Waals surface area contributed by atoms with Crippen LogP contribution in [0.3, 0.4) is 0 Å². The summed E-state index contributed by atoms with van der Waals surface area (Å²) in [5.74, 6) is 0.868. The van der Waals surface area contributed by atoms with Crippen LogP contribution in [0.4, 0.5) is 0 Å². The van der Waals surface area contributed by atoms with E-state index in [9.17, 15) is 0 Å². The smallest absolute Gasteiger partial charge is 0.120 e. The van der Waals surface area contributed by atoms with Gasteiger partial charge in [0.05, 0.1) is 12.2 Å². The molecule has 1 atom stereocenters. The molecule has 0 amide bonds. The number of H-pyrrole nitrogens is 1. The molecule has 78 valence electrons. The highest BCUT2D eigenvalue weighted by atomic mass is 16.5. The highest BCUT2D eigenvalue weighted by molar-refractivity contribution is 5.18. The van der Waals surface area contributed by atoms with Crippen molar-refractivity contribution in [1.29, 1.82) is 0 Å². The van der Waals surface area contributed by atoms with Crippen LogP contribution < -0.4 is 5.73 Å². The summed E-state index contributed by atoms with van der Waals surface area (Å²) in [6.07, 6.45) is 3.38. The van der Waals surface area contributed by atoms with Crippen LogP contribution in [0.2, 0.25) is 0 Å². The number of aromatic nitrogens is 2. The summed E-state index contributed by atoms with van der Waals surface area (Å²) in [5, 5.41) is 0. The second-order valence-electron chi connectivity index (χ2n) is 3.61. The van der Waals surface area contributed by atoms with Gasteiger partial charge in [0, 0.05) is 12.3 Å². The zero-order chi connectivity index (χ0) is 9.97. The van der Waals surface area contributed by atoms with E-state index >= 15 is 0 Å². The molecule has 0 aromatic carbocycles. The van der Waals surface area contributed by atoms with Crippen LogP contribution in [0.5, 0.6) is 0 Å². The Balaban J connectivity index is 2.25. The second-order valence-corrected chi connectivity index (χ2v) is 3.61. The van der Waals surface area contributed by atoms with E-state index in [0.29, 0.717) is 6.54 Å². The Labute approximate surface area is 83.9 Å². The monoisotopic (exact) mass is 195 g/mol. The van der Waals surface area contributed by atoms with E-state index in [2.05, 4.69) is 16.9 Å². The van der Waals surface area contributed by atoms with Gasteiger partial charge in [0.2, 0.25) is 0 Å². The molecule has 1 aromatic heterocycles. The maximum Gasteiger partial charge on any atom is 0.120 e. The molecule has 2 rings (SSSR count). The molecule has 14 heavy (non-hydrogen) atoms. The predicted octanol–water partition coefficient (Wildman–Crippen LogP) is 1.28. The van der Waals surface area contributed by atoms with Gasteiger partial charge in [-0.05, 0) is 19.3 Å². The lowest BCUT2D eigenvalue weighted by atomic mass is 10.1. The molecule has 3 N–H and O–H groups in total. The van der Waals surface area contributed by atoms with Gasteiger partial charge in [-0.1, -0.05) is 6.92 Å². The van der Waals surface area contributed by atoms with Gasteiger partial charge in [-0.15, -0.1) is 0 Å². The molecular formula is C10H17N3O. The van der Waals surface area contributed by atoms with E-state index in [1.54, 1.807) is 0 Å². The largest absolute Gasteiger partial charge is 0.372 e. The fraction of sp³-hybridized carbons (Fsp3) is 0.700. The van der Waals surface area contributed by atoms with Crippen LogP contribution in [-0.2, 0) is 17.7 Å². The van der Waals surface area contributed by atoms with Crippen molar-refractivity contribution in [2.45, 2.75) is 38.8 Å². The fourth-order valence-electron chi connectivity index (χ4n) is 1.90. The zero-order valence-corrected chi connectivity index (χ0v) is 8.55. The van der Waals surface area contributed by atoms with Crippen molar-refractivity contribution in [3.05, 3.63) is 17.2 Å². The first kappa shape index (κ1) is 9.68. The van der Waals surface area contributed by atoms with Gasteiger partial charge >= 0.3 is 0 Å². The third kappa shape index (κ3) is 1.67. The molecule has 0 bridgehead atoms. The third-order valence-corrected chi connectivity index (χ3v) is 2.64. The molecule has 0 aliphatic carbocycles. The first-order chi connectivity index (χ1) is 6.85. The maximum absolute atomic E-state index is 5.62. The standard InChI is InChI=1S/C10H17N3O/c1-2-7-10(8-4-3-5-14-8)13-9(6-11)12-7/h8H,2-6,11H2,1H3,(H,12,13). The number of aromatic amines is 1. The molecule has 1 fully saturated rings. The van der Waals surface area contributed by atoms with E-state index in [1.165, 1.54) is 5.69 Å². The number of nitrogens with two attached hydrogens (primary N) is 1. The Bertz CT molecular complexity index is 302. The van der Waals surface area contributed by atoms with Crippen molar-refractivity contribution in [2.75, 3.05) is 6.61 Å². The first-order valence-electron chi connectivity index (χ1n) is 5.24. The number of nitrogens with zero attached hydrogens (tertiary/aromatic N) is 1. The summed E-state index contributed by atoms with van der Waals surface area (Å²) in [4.78, 5) is 7.72. The molecule has 4 heteroatoms. The molecule has 0 spiro atoms. The predicted molar refractivity (Wildman–Crippen MR) is 53.8 cm³/mol. The number of ether oxygens (including phenoxy) is 1. The molecule has 1 saturated heterocycles. The highest BCUT2D eigenvalue weighted by Gasteiger charge is 2.23. The van der Waals surface area contributed by atoms with Crippen LogP contribution in [0, 0.1) is 0 Å². The minimum Gasteiger partial charge on any atom is -0.372 e. The summed E-state index contributed by atoms with van der Waals surface area (Å²) in [7, 11) is 0. The van der Waals surface area contributed by atoms with Crippen LogP contribution in [0.1, 0.15) is 43.1 Å². The Morgan fingerprint density at radius 2 is 2.50 bits per heavy atom. The normalized spacial score (nSPS) is 21.7. The quantitative estimate of drug-likeness (QED) is 0.763. The minimum absolute atomic E-state index is 0.196. The second kappa shape index (κ2) is 4.11. The highest BCUT2D eigenvalue weighted by Crippen LogP contribution is 2.29. The van der Waals surface area contributed by atoms with Gasteiger partial charge in [-0.3, -0.25) is 0 Å². The summed E-state index contributed by atoms with van der Waals surface area (Å²) in [6.45, 7) is 3.45. The Hall–Kier alpha value is -0.870. The van der Waals surface area contributed by atoms with Crippen LogP contribution in [0.25, 0.3) is 0 Å². The summed E-state index contributed by atoms with van der Waals surface area (Å²) >= 11 is 0. The van der Waals surface area contributed by atoms with Crippen molar-refractivity contribution in [1.82, 2.24) is 9.97 Å². The van der Waals surface area contributed by atoms with Crippen molar-refractivity contribution in [3.63, 3.8) is 0 Å². The minimum atomic E-state index is 0.196. The van der Waals surface area contributed by atoms with Crippen LogP contribution in [0.15, 0.2) is 0 Å². The lowest BCUT2D eigenvalue weighted by Crippen LogP contribution is -2.01. The number of hydrogen-bond acceptors (Lipinski definition) is 3. The van der Waals surface area contributed by atoms with Crippen molar-refractivity contribution in [2.24, 2.45) is 5.73 Å². The van der Waals surface area contributed by atoms with E-state index in [0.717, 1.165) is 37.4 Å². The topological polar surface area (TPSA) is 63.9 Å². The molecule has 1 aliphatic heterocycles. The molecule has 1 aromatic rings. The maximum atomic E-state index is 5.62. The molecular weight excluding hydrogens is 178 g/mol. The van der Waals surface area contributed by atoms with Gasteiger partial charge in [0.15, 0.2) is 0 Å². The number of nitrogens with one attached hydrogen (secondary N) is 1. The SMILES string of the molecule is CCc1[nH]c(CN)nc1C1CCCO1. The lowest BCUT2D eigenvalue weighted by Gasteiger charge is -2.07. The molecule has 4 nitrogen and oxygen atoms in total. The third-order valence-electron chi connectivity index (χ3n) is 2.64. The molecule has 0 radical (unpaired) electrons. The fourth-order valence-corrected chi connectivity index (χ4v) is 1.90. The van der Waals surface area contributed by atoms with Gasteiger partial charge in [0.1, 0.15) is 11.9 Å². The summed E-state index contributed by atoms with van der Waals surface area (Å²) < 4.78 is 5.62. The number of hydrogen-bond donors (Lipinski definition) is 2. The Kier molecular flexibility index (Phi) is 2.84. The van der Waals surface area contributed by atoms with E-state index in [-0.39, 0.29) is 6.10 Å². The van der Waals surface area contributed by atoms with E-state index < -0.39 is 0 Å². The van der Waals surface area contributed by atoms with Gasteiger partial charge in [-0.25, -0.2) is 4.98 Å². The Morgan fingerprint density at radius 1 is 1.64 bits per heavy atom. The van der Waals surface area contributed by atoms with Crippen molar-refractivity contribution in [3.8, 4) is 0 Å². The average molecular weight is 195 g/mol. The number of imidazole rings is 1. The molecule has 1 unspecified atom stereocenters. The van der Waals surface area contributed by atoms with E-state index in [4.69, 9.17) is 10.5 Å².